The van der Waals surface area contributed by atoms with Gasteiger partial charge in [0.15, 0.2) is 0 Å². The Morgan fingerprint density at radius 2 is 2.11 bits per heavy atom. The molecule has 0 aliphatic carbocycles. The highest BCUT2D eigenvalue weighted by Gasteiger charge is 2.13. The number of halogens is 1. The van der Waals surface area contributed by atoms with Gasteiger partial charge in [-0.2, -0.15) is 0 Å². The van der Waals surface area contributed by atoms with Crippen molar-refractivity contribution in [3.05, 3.63) is 59.8 Å². The van der Waals surface area contributed by atoms with Crippen LogP contribution in [-0.2, 0) is 6.54 Å². The Kier molecular flexibility index (Phi) is 4.71. The van der Waals surface area contributed by atoms with Crippen LogP contribution >= 0.6 is 0 Å². The maximum atomic E-state index is 13.5. The van der Waals surface area contributed by atoms with Crippen molar-refractivity contribution in [3.8, 4) is 0 Å². The van der Waals surface area contributed by atoms with E-state index in [4.69, 9.17) is 4.42 Å². The standard InChI is InChI=1S/C15H18FNO2/c1-17(10-12-7-9-19-11-12)8-6-15(18)13-4-2-3-5-14(13)16/h2-5,7,9,11,15,18H,6,8,10H2,1H3. The Balaban J connectivity index is 1.83. The van der Waals surface area contributed by atoms with Gasteiger partial charge in [-0.05, 0) is 25.6 Å². The molecule has 2 aromatic rings. The van der Waals surface area contributed by atoms with Gasteiger partial charge in [-0.15, -0.1) is 0 Å². The molecule has 0 bridgehead atoms. The molecule has 1 N–H and O–H groups in total. The molecule has 1 atom stereocenters. The summed E-state index contributed by atoms with van der Waals surface area (Å²) in [6.07, 6.45) is 3.06. The van der Waals surface area contributed by atoms with E-state index < -0.39 is 6.10 Å². The highest BCUT2D eigenvalue weighted by atomic mass is 19.1. The average molecular weight is 263 g/mol. The lowest BCUT2D eigenvalue weighted by Crippen LogP contribution is -2.20. The van der Waals surface area contributed by atoms with Crippen LogP contribution in [0.3, 0.4) is 0 Å². The molecule has 19 heavy (non-hydrogen) atoms. The van der Waals surface area contributed by atoms with Crippen LogP contribution in [0.5, 0.6) is 0 Å². The second-order valence-electron chi connectivity index (χ2n) is 4.70. The Bertz CT molecular complexity index is 499. The average Bonchev–Trinajstić information content (AvgIpc) is 2.89. The van der Waals surface area contributed by atoms with E-state index in [0.717, 1.165) is 12.1 Å². The summed E-state index contributed by atoms with van der Waals surface area (Å²) in [6, 6.07) is 8.25. The molecule has 0 aliphatic rings. The summed E-state index contributed by atoms with van der Waals surface area (Å²) >= 11 is 0. The molecule has 0 fully saturated rings. The van der Waals surface area contributed by atoms with E-state index in [9.17, 15) is 9.50 Å². The molecule has 0 saturated heterocycles. The first-order valence-electron chi connectivity index (χ1n) is 6.29. The number of nitrogens with zero attached hydrogens (tertiary/aromatic N) is 1. The monoisotopic (exact) mass is 263 g/mol. The molecule has 0 spiro atoms. The van der Waals surface area contributed by atoms with Gasteiger partial charge in [0.25, 0.3) is 0 Å². The zero-order chi connectivity index (χ0) is 13.7. The molecule has 1 aromatic carbocycles. The minimum Gasteiger partial charge on any atom is -0.472 e. The predicted octanol–water partition coefficient (Wildman–Crippen LogP) is 2.97. The quantitative estimate of drug-likeness (QED) is 0.870. The lowest BCUT2D eigenvalue weighted by molar-refractivity contribution is 0.144. The third-order valence-corrected chi connectivity index (χ3v) is 3.08. The first kappa shape index (κ1) is 13.8. The fourth-order valence-electron chi connectivity index (χ4n) is 2.02. The summed E-state index contributed by atoms with van der Waals surface area (Å²) in [5, 5.41) is 9.99. The zero-order valence-corrected chi connectivity index (χ0v) is 10.9. The molecule has 0 radical (unpaired) electrons. The molecular weight excluding hydrogens is 245 g/mol. The van der Waals surface area contributed by atoms with Crippen molar-refractivity contribution in [2.24, 2.45) is 0 Å². The zero-order valence-electron chi connectivity index (χ0n) is 10.9. The Morgan fingerprint density at radius 3 is 2.79 bits per heavy atom. The van der Waals surface area contributed by atoms with E-state index in [1.54, 1.807) is 30.7 Å². The number of aliphatic hydroxyl groups is 1. The van der Waals surface area contributed by atoms with Crippen LogP contribution in [0.1, 0.15) is 23.7 Å². The van der Waals surface area contributed by atoms with E-state index >= 15 is 0 Å². The fourth-order valence-corrected chi connectivity index (χ4v) is 2.02. The molecule has 1 unspecified atom stereocenters. The first-order chi connectivity index (χ1) is 9.16. The smallest absolute Gasteiger partial charge is 0.128 e. The molecule has 0 aliphatic heterocycles. The van der Waals surface area contributed by atoms with Crippen LogP contribution in [0, 0.1) is 5.82 Å². The van der Waals surface area contributed by atoms with E-state index in [-0.39, 0.29) is 5.82 Å². The van der Waals surface area contributed by atoms with Gasteiger partial charge in [0, 0.05) is 24.2 Å². The minimum absolute atomic E-state index is 0.354. The summed E-state index contributed by atoms with van der Waals surface area (Å²) < 4.78 is 18.5. The summed E-state index contributed by atoms with van der Waals surface area (Å²) in [5.41, 5.74) is 1.45. The number of furan rings is 1. The van der Waals surface area contributed by atoms with Crippen molar-refractivity contribution in [1.82, 2.24) is 4.90 Å². The molecule has 2 rings (SSSR count). The van der Waals surface area contributed by atoms with Crippen molar-refractivity contribution in [2.45, 2.75) is 19.1 Å². The highest BCUT2D eigenvalue weighted by molar-refractivity contribution is 5.19. The van der Waals surface area contributed by atoms with Crippen LogP contribution in [0.4, 0.5) is 4.39 Å². The van der Waals surface area contributed by atoms with Gasteiger partial charge in [-0.3, -0.25) is 0 Å². The summed E-state index contributed by atoms with van der Waals surface area (Å²) in [6.45, 7) is 1.43. The molecular formula is C15H18FNO2. The summed E-state index contributed by atoms with van der Waals surface area (Å²) in [5.74, 6) is -0.354. The largest absolute Gasteiger partial charge is 0.472 e. The molecule has 0 amide bonds. The predicted molar refractivity (Wildman–Crippen MR) is 71.0 cm³/mol. The van der Waals surface area contributed by atoms with E-state index in [1.165, 1.54) is 6.07 Å². The van der Waals surface area contributed by atoms with Gasteiger partial charge in [0.05, 0.1) is 18.6 Å². The summed E-state index contributed by atoms with van der Waals surface area (Å²) in [4.78, 5) is 2.06. The Morgan fingerprint density at radius 1 is 1.32 bits per heavy atom. The number of rotatable bonds is 6. The van der Waals surface area contributed by atoms with Crippen molar-refractivity contribution in [3.63, 3.8) is 0 Å². The van der Waals surface area contributed by atoms with Gasteiger partial charge in [-0.25, -0.2) is 4.39 Å². The molecule has 1 aromatic heterocycles. The molecule has 3 nitrogen and oxygen atoms in total. The topological polar surface area (TPSA) is 36.6 Å². The third kappa shape index (κ3) is 3.91. The third-order valence-electron chi connectivity index (χ3n) is 3.08. The molecule has 0 saturated carbocycles. The molecule has 4 heteroatoms. The SMILES string of the molecule is CN(CCC(O)c1ccccc1F)Cc1ccoc1. The maximum Gasteiger partial charge on any atom is 0.128 e. The van der Waals surface area contributed by atoms with Gasteiger partial charge < -0.3 is 14.4 Å². The van der Waals surface area contributed by atoms with Gasteiger partial charge in [-0.1, -0.05) is 18.2 Å². The van der Waals surface area contributed by atoms with E-state index in [2.05, 4.69) is 4.90 Å². The Hall–Kier alpha value is -1.65. The number of hydrogen-bond donors (Lipinski definition) is 1. The van der Waals surface area contributed by atoms with Crippen molar-refractivity contribution < 1.29 is 13.9 Å². The van der Waals surface area contributed by atoms with Crippen molar-refractivity contribution in [2.75, 3.05) is 13.6 Å². The number of hydrogen-bond acceptors (Lipinski definition) is 3. The van der Waals surface area contributed by atoms with Gasteiger partial charge in [0.1, 0.15) is 5.82 Å². The number of benzene rings is 1. The van der Waals surface area contributed by atoms with Crippen LogP contribution in [0.15, 0.2) is 47.3 Å². The van der Waals surface area contributed by atoms with Crippen molar-refractivity contribution >= 4 is 0 Å². The second-order valence-corrected chi connectivity index (χ2v) is 4.70. The fraction of sp³-hybridized carbons (Fsp3) is 0.333. The van der Waals surface area contributed by atoms with Crippen LogP contribution < -0.4 is 0 Å². The van der Waals surface area contributed by atoms with Crippen LogP contribution in [0.25, 0.3) is 0 Å². The number of aliphatic hydroxyl groups excluding tert-OH is 1. The minimum atomic E-state index is -0.770. The normalized spacial score (nSPS) is 12.8. The molecule has 102 valence electrons. The van der Waals surface area contributed by atoms with Gasteiger partial charge in [0.2, 0.25) is 0 Å². The van der Waals surface area contributed by atoms with Crippen LogP contribution in [-0.4, -0.2) is 23.6 Å². The van der Waals surface area contributed by atoms with Gasteiger partial charge >= 0.3 is 0 Å². The van der Waals surface area contributed by atoms with E-state index in [1.807, 2.05) is 13.1 Å². The highest BCUT2D eigenvalue weighted by Crippen LogP contribution is 2.20. The molecule has 1 heterocycles. The maximum absolute atomic E-state index is 13.5. The summed E-state index contributed by atoms with van der Waals surface area (Å²) in [7, 11) is 1.96. The lowest BCUT2D eigenvalue weighted by atomic mass is 10.1. The Labute approximate surface area is 112 Å². The van der Waals surface area contributed by atoms with E-state index in [0.29, 0.717) is 18.5 Å². The van der Waals surface area contributed by atoms with Crippen LogP contribution in [0.2, 0.25) is 0 Å². The first-order valence-corrected chi connectivity index (χ1v) is 6.29. The lowest BCUT2D eigenvalue weighted by Gasteiger charge is -2.18. The van der Waals surface area contributed by atoms with Crippen molar-refractivity contribution in [1.29, 1.82) is 0 Å². The second kappa shape index (κ2) is 6.50.